The van der Waals surface area contributed by atoms with Crippen LogP contribution in [0.4, 0.5) is 5.13 Å². The van der Waals surface area contributed by atoms with E-state index in [1.165, 1.54) is 5.38 Å². The molecule has 0 aliphatic carbocycles. The van der Waals surface area contributed by atoms with E-state index in [1.54, 1.807) is 0 Å². The number of rotatable bonds is 8. The SMILES string of the molecule is O=C(NCc1cc(-c2ccccc2)[nH]n1)c1csc(NS(=O)(=O)CCO)n1. The molecule has 0 spiro atoms. The average Bonchev–Trinajstić information content (AvgIpc) is 3.29. The summed E-state index contributed by atoms with van der Waals surface area (Å²) in [6.07, 6.45) is 0. The molecule has 1 amide bonds. The van der Waals surface area contributed by atoms with Gasteiger partial charge in [0.2, 0.25) is 10.0 Å². The minimum atomic E-state index is -3.67. The van der Waals surface area contributed by atoms with E-state index in [4.69, 9.17) is 5.11 Å². The molecule has 0 unspecified atom stereocenters. The van der Waals surface area contributed by atoms with Gasteiger partial charge in [0, 0.05) is 5.38 Å². The van der Waals surface area contributed by atoms with Crippen LogP contribution in [0.2, 0.25) is 0 Å². The lowest BCUT2D eigenvalue weighted by atomic mass is 10.1. The topological polar surface area (TPSA) is 137 Å². The molecule has 142 valence electrons. The van der Waals surface area contributed by atoms with Crippen LogP contribution in [-0.4, -0.2) is 47.0 Å². The van der Waals surface area contributed by atoms with Crippen molar-refractivity contribution in [3.8, 4) is 11.3 Å². The van der Waals surface area contributed by atoms with Crippen molar-refractivity contribution >= 4 is 32.4 Å². The number of sulfonamides is 1. The number of thiazole rings is 1. The molecular formula is C16H17N5O4S2. The van der Waals surface area contributed by atoms with Gasteiger partial charge in [-0.05, 0) is 11.6 Å². The van der Waals surface area contributed by atoms with E-state index in [0.717, 1.165) is 22.6 Å². The fourth-order valence-corrected chi connectivity index (χ4v) is 3.97. The van der Waals surface area contributed by atoms with Gasteiger partial charge in [-0.15, -0.1) is 11.3 Å². The van der Waals surface area contributed by atoms with Crippen LogP contribution in [0.1, 0.15) is 16.2 Å². The second kappa shape index (κ2) is 8.29. The zero-order valence-electron chi connectivity index (χ0n) is 14.0. The number of hydrogen-bond acceptors (Lipinski definition) is 7. The largest absolute Gasteiger partial charge is 0.395 e. The Morgan fingerprint density at radius 1 is 1.26 bits per heavy atom. The summed E-state index contributed by atoms with van der Waals surface area (Å²) in [5, 5.41) is 20.0. The molecule has 27 heavy (non-hydrogen) atoms. The van der Waals surface area contributed by atoms with Gasteiger partial charge in [0.05, 0.1) is 30.3 Å². The summed E-state index contributed by atoms with van der Waals surface area (Å²) >= 11 is 0.988. The standard InChI is InChI=1S/C16H17N5O4S2/c22-6-7-27(24,25)21-16-18-14(10-26-16)15(23)17-9-12-8-13(20-19-12)11-4-2-1-3-5-11/h1-5,8,10,22H,6-7,9H2,(H,17,23)(H,18,21)(H,19,20). The fourth-order valence-electron chi connectivity index (χ4n) is 2.21. The van der Waals surface area contributed by atoms with E-state index in [-0.39, 0.29) is 17.4 Å². The maximum absolute atomic E-state index is 12.2. The number of aliphatic hydroxyl groups excluding tert-OH is 1. The second-order valence-corrected chi connectivity index (χ2v) is 8.20. The first kappa shape index (κ1) is 19.0. The van der Waals surface area contributed by atoms with E-state index in [2.05, 4.69) is 25.2 Å². The first-order valence-corrected chi connectivity index (χ1v) is 10.4. The molecule has 2 aromatic heterocycles. The third-order valence-electron chi connectivity index (χ3n) is 3.49. The Morgan fingerprint density at radius 2 is 2.04 bits per heavy atom. The minimum absolute atomic E-state index is 0.0692. The Labute approximate surface area is 159 Å². The van der Waals surface area contributed by atoms with Gasteiger partial charge in [0.15, 0.2) is 5.13 Å². The van der Waals surface area contributed by atoms with Gasteiger partial charge in [-0.2, -0.15) is 5.10 Å². The molecule has 9 nitrogen and oxygen atoms in total. The number of nitrogens with one attached hydrogen (secondary N) is 3. The summed E-state index contributed by atoms with van der Waals surface area (Å²) in [6.45, 7) is -0.298. The van der Waals surface area contributed by atoms with Crippen LogP contribution in [0.15, 0.2) is 41.8 Å². The maximum Gasteiger partial charge on any atom is 0.271 e. The number of anilines is 1. The zero-order valence-corrected chi connectivity index (χ0v) is 15.7. The van der Waals surface area contributed by atoms with E-state index in [9.17, 15) is 13.2 Å². The van der Waals surface area contributed by atoms with Crippen LogP contribution in [0.5, 0.6) is 0 Å². The highest BCUT2D eigenvalue weighted by Crippen LogP contribution is 2.18. The van der Waals surface area contributed by atoms with Crippen molar-refractivity contribution in [2.45, 2.75) is 6.54 Å². The van der Waals surface area contributed by atoms with Crippen molar-refractivity contribution in [3.63, 3.8) is 0 Å². The Hall–Kier alpha value is -2.76. The zero-order chi connectivity index (χ0) is 19.3. The highest BCUT2D eigenvalue weighted by Gasteiger charge is 2.15. The van der Waals surface area contributed by atoms with E-state index < -0.39 is 28.3 Å². The van der Waals surface area contributed by atoms with Crippen molar-refractivity contribution in [2.24, 2.45) is 0 Å². The molecule has 4 N–H and O–H groups in total. The molecule has 3 rings (SSSR count). The highest BCUT2D eigenvalue weighted by atomic mass is 32.2. The number of H-pyrrole nitrogens is 1. The predicted octanol–water partition coefficient (Wildman–Crippen LogP) is 1.20. The Balaban J connectivity index is 1.58. The number of amides is 1. The second-order valence-electron chi connectivity index (χ2n) is 5.50. The number of aliphatic hydroxyl groups is 1. The number of carbonyl (C=O) groups is 1. The molecule has 0 saturated heterocycles. The lowest BCUT2D eigenvalue weighted by Gasteiger charge is -2.02. The van der Waals surface area contributed by atoms with Crippen LogP contribution in [0.3, 0.4) is 0 Å². The molecule has 0 fully saturated rings. The molecule has 0 atom stereocenters. The average molecular weight is 407 g/mol. The van der Waals surface area contributed by atoms with Crippen molar-refractivity contribution in [1.82, 2.24) is 20.5 Å². The molecule has 0 saturated carbocycles. The molecule has 0 radical (unpaired) electrons. The van der Waals surface area contributed by atoms with E-state index >= 15 is 0 Å². The highest BCUT2D eigenvalue weighted by molar-refractivity contribution is 7.92. The summed E-state index contributed by atoms with van der Waals surface area (Å²) in [5.74, 6) is -0.875. The van der Waals surface area contributed by atoms with Crippen LogP contribution in [0, 0.1) is 0 Å². The van der Waals surface area contributed by atoms with Crippen LogP contribution in [0.25, 0.3) is 11.3 Å². The van der Waals surface area contributed by atoms with Crippen LogP contribution < -0.4 is 10.0 Å². The smallest absolute Gasteiger partial charge is 0.271 e. The summed E-state index contributed by atoms with van der Waals surface area (Å²) < 4.78 is 25.4. The third-order valence-corrected chi connectivity index (χ3v) is 5.60. The van der Waals surface area contributed by atoms with Crippen molar-refractivity contribution in [2.75, 3.05) is 17.1 Å². The van der Waals surface area contributed by atoms with Gasteiger partial charge in [-0.3, -0.25) is 14.6 Å². The normalized spacial score (nSPS) is 11.3. The quantitative estimate of drug-likeness (QED) is 0.443. The van der Waals surface area contributed by atoms with Gasteiger partial charge in [-0.25, -0.2) is 13.4 Å². The molecule has 0 aliphatic heterocycles. The number of nitrogens with zero attached hydrogens (tertiary/aromatic N) is 2. The fraction of sp³-hybridized carbons (Fsp3) is 0.188. The summed E-state index contributed by atoms with van der Waals surface area (Å²) in [7, 11) is -3.67. The number of aromatic amines is 1. The summed E-state index contributed by atoms with van der Waals surface area (Å²) in [6, 6.07) is 11.5. The third kappa shape index (κ3) is 5.12. The monoisotopic (exact) mass is 407 g/mol. The van der Waals surface area contributed by atoms with Gasteiger partial charge < -0.3 is 10.4 Å². The first-order chi connectivity index (χ1) is 13.0. The molecule has 1 aromatic carbocycles. The van der Waals surface area contributed by atoms with Crippen molar-refractivity contribution < 1.29 is 18.3 Å². The first-order valence-electron chi connectivity index (χ1n) is 7.91. The molecule has 0 aliphatic rings. The van der Waals surface area contributed by atoms with Gasteiger partial charge in [-0.1, -0.05) is 30.3 Å². The summed E-state index contributed by atoms with van der Waals surface area (Å²) in [4.78, 5) is 16.1. The maximum atomic E-state index is 12.2. The molecule has 3 aromatic rings. The molecule has 11 heteroatoms. The molecule has 0 bridgehead atoms. The van der Waals surface area contributed by atoms with E-state index in [1.807, 2.05) is 36.4 Å². The minimum Gasteiger partial charge on any atom is -0.395 e. The predicted molar refractivity (Wildman–Crippen MR) is 102 cm³/mol. The number of benzene rings is 1. The van der Waals surface area contributed by atoms with E-state index in [0.29, 0.717) is 5.69 Å². The Kier molecular flexibility index (Phi) is 5.84. The lowest BCUT2D eigenvalue weighted by Crippen LogP contribution is -2.23. The van der Waals surface area contributed by atoms with Crippen LogP contribution >= 0.6 is 11.3 Å². The number of carbonyl (C=O) groups excluding carboxylic acids is 1. The Bertz CT molecular complexity index is 1010. The lowest BCUT2D eigenvalue weighted by molar-refractivity contribution is 0.0946. The van der Waals surface area contributed by atoms with Gasteiger partial charge in [0.25, 0.3) is 5.91 Å². The summed E-state index contributed by atoms with van der Waals surface area (Å²) in [5.41, 5.74) is 2.58. The van der Waals surface area contributed by atoms with Gasteiger partial charge in [0.1, 0.15) is 5.69 Å². The van der Waals surface area contributed by atoms with Gasteiger partial charge >= 0.3 is 0 Å². The van der Waals surface area contributed by atoms with Crippen molar-refractivity contribution in [3.05, 3.63) is 53.2 Å². The molecular weight excluding hydrogens is 390 g/mol. The number of aromatic nitrogens is 3. The van der Waals surface area contributed by atoms with Crippen molar-refractivity contribution in [1.29, 1.82) is 0 Å². The Morgan fingerprint density at radius 3 is 2.78 bits per heavy atom. The number of hydrogen-bond donors (Lipinski definition) is 4. The molecule has 2 heterocycles. The van der Waals surface area contributed by atoms with Crippen LogP contribution in [-0.2, 0) is 16.6 Å².